The molecule has 11 heteroatoms. The number of para-hydroxylation sites is 1. The number of azo groups is 1. The van der Waals surface area contributed by atoms with Crippen LogP contribution in [0, 0.1) is 0 Å². The highest BCUT2D eigenvalue weighted by Gasteiger charge is 2.13. The molecular weight excluding hydrogens is 438 g/mol. The summed E-state index contributed by atoms with van der Waals surface area (Å²) in [6.07, 6.45) is 0. The summed E-state index contributed by atoms with van der Waals surface area (Å²) < 4.78 is 5.21. The molecule has 1 atom stereocenters. The van der Waals surface area contributed by atoms with Gasteiger partial charge in [-0.2, -0.15) is 0 Å². The Morgan fingerprint density at radius 1 is 0.971 bits per heavy atom. The van der Waals surface area contributed by atoms with Gasteiger partial charge in [0, 0.05) is 5.56 Å². The van der Waals surface area contributed by atoms with E-state index in [-0.39, 0.29) is 35.5 Å². The number of ether oxygens (including phenoxy) is 1. The van der Waals surface area contributed by atoms with Gasteiger partial charge < -0.3 is 26.8 Å². The number of hydrogen-bond donors (Lipinski definition) is 4. The number of nitrogen functional groups attached to an aromatic ring is 1. The van der Waals surface area contributed by atoms with Crippen molar-refractivity contribution in [3.05, 3.63) is 72.3 Å². The Morgan fingerprint density at radius 3 is 2.35 bits per heavy atom. The van der Waals surface area contributed by atoms with Crippen molar-refractivity contribution in [1.29, 1.82) is 0 Å². The second-order valence-electron chi connectivity index (χ2n) is 7.08. The van der Waals surface area contributed by atoms with Crippen LogP contribution in [-0.4, -0.2) is 35.4 Å². The third kappa shape index (κ3) is 6.68. The Kier molecular flexibility index (Phi) is 7.97. The van der Waals surface area contributed by atoms with Crippen molar-refractivity contribution in [2.45, 2.75) is 13.0 Å². The van der Waals surface area contributed by atoms with Gasteiger partial charge in [0.2, 0.25) is 5.91 Å². The molecule has 3 aromatic rings. The minimum absolute atomic E-state index is 0.0138. The monoisotopic (exact) mass is 461 g/mol. The van der Waals surface area contributed by atoms with Crippen LogP contribution >= 0.6 is 0 Å². The SMILES string of the molecule is C[C@H](N)C(=O)Oc1ccccc1/N=N/c1ccc(NC(=O)CNC(=O)c2ccccc2)nc1N. The van der Waals surface area contributed by atoms with E-state index in [9.17, 15) is 14.4 Å². The molecular formula is C23H23N7O4. The highest BCUT2D eigenvalue weighted by Crippen LogP contribution is 2.30. The molecule has 0 aliphatic rings. The Balaban J connectivity index is 1.61. The van der Waals surface area contributed by atoms with E-state index in [0.717, 1.165) is 0 Å². The van der Waals surface area contributed by atoms with Gasteiger partial charge in [-0.1, -0.05) is 30.3 Å². The molecule has 0 aliphatic carbocycles. The summed E-state index contributed by atoms with van der Waals surface area (Å²) in [4.78, 5) is 40.0. The van der Waals surface area contributed by atoms with Crippen molar-refractivity contribution in [3.8, 4) is 5.75 Å². The molecule has 11 nitrogen and oxygen atoms in total. The highest BCUT2D eigenvalue weighted by atomic mass is 16.5. The van der Waals surface area contributed by atoms with Gasteiger partial charge in [-0.15, -0.1) is 10.2 Å². The first-order chi connectivity index (χ1) is 16.3. The molecule has 0 spiro atoms. The number of nitrogens with two attached hydrogens (primary N) is 2. The van der Waals surface area contributed by atoms with Crippen molar-refractivity contribution >= 4 is 40.8 Å². The van der Waals surface area contributed by atoms with Gasteiger partial charge in [-0.25, -0.2) is 9.78 Å². The number of pyridine rings is 1. The summed E-state index contributed by atoms with van der Waals surface area (Å²) in [6.45, 7) is 1.27. The zero-order chi connectivity index (χ0) is 24.5. The van der Waals surface area contributed by atoms with Crippen molar-refractivity contribution in [2.24, 2.45) is 16.0 Å². The van der Waals surface area contributed by atoms with E-state index in [1.165, 1.54) is 19.1 Å². The average molecular weight is 461 g/mol. The molecule has 0 saturated carbocycles. The fourth-order valence-corrected chi connectivity index (χ4v) is 2.60. The van der Waals surface area contributed by atoms with Gasteiger partial charge in [-0.05, 0) is 43.3 Å². The Labute approximate surface area is 195 Å². The molecule has 1 heterocycles. The molecule has 0 fully saturated rings. The van der Waals surface area contributed by atoms with Crippen LogP contribution in [0.5, 0.6) is 5.75 Å². The molecule has 0 radical (unpaired) electrons. The largest absolute Gasteiger partial charge is 0.423 e. The Morgan fingerprint density at radius 2 is 1.65 bits per heavy atom. The maximum Gasteiger partial charge on any atom is 0.328 e. The lowest BCUT2D eigenvalue weighted by molar-refractivity contribution is -0.135. The maximum absolute atomic E-state index is 12.1. The molecule has 174 valence electrons. The van der Waals surface area contributed by atoms with Gasteiger partial charge in [0.15, 0.2) is 11.6 Å². The summed E-state index contributed by atoms with van der Waals surface area (Å²) in [5.41, 5.74) is 12.4. The number of nitrogens with one attached hydrogen (secondary N) is 2. The third-order valence-electron chi connectivity index (χ3n) is 4.33. The van der Waals surface area contributed by atoms with Crippen molar-refractivity contribution < 1.29 is 19.1 Å². The van der Waals surface area contributed by atoms with Gasteiger partial charge in [-0.3, -0.25) is 9.59 Å². The van der Waals surface area contributed by atoms with Crippen LogP contribution in [0.3, 0.4) is 0 Å². The molecule has 2 aromatic carbocycles. The van der Waals surface area contributed by atoms with Crippen LogP contribution in [0.15, 0.2) is 77.0 Å². The lowest BCUT2D eigenvalue weighted by atomic mass is 10.2. The molecule has 0 unspecified atom stereocenters. The summed E-state index contributed by atoms with van der Waals surface area (Å²) in [5.74, 6) is -1.06. The summed E-state index contributed by atoms with van der Waals surface area (Å²) in [7, 11) is 0. The quantitative estimate of drug-likeness (QED) is 0.226. The van der Waals surface area contributed by atoms with Crippen LogP contribution < -0.4 is 26.8 Å². The van der Waals surface area contributed by atoms with Gasteiger partial charge in [0.05, 0.1) is 6.54 Å². The van der Waals surface area contributed by atoms with E-state index in [1.807, 2.05) is 0 Å². The minimum atomic E-state index is -0.792. The molecule has 1 aromatic heterocycles. The van der Waals surface area contributed by atoms with E-state index in [1.54, 1.807) is 54.6 Å². The summed E-state index contributed by atoms with van der Waals surface area (Å²) in [5, 5.41) is 13.2. The van der Waals surface area contributed by atoms with Gasteiger partial charge in [0.25, 0.3) is 5.91 Å². The zero-order valence-corrected chi connectivity index (χ0v) is 18.3. The Hall–Kier alpha value is -4.64. The molecule has 0 bridgehead atoms. The van der Waals surface area contributed by atoms with E-state index in [0.29, 0.717) is 11.3 Å². The van der Waals surface area contributed by atoms with Gasteiger partial charge >= 0.3 is 5.97 Å². The van der Waals surface area contributed by atoms with Crippen molar-refractivity contribution in [2.75, 3.05) is 17.6 Å². The molecule has 34 heavy (non-hydrogen) atoms. The fourth-order valence-electron chi connectivity index (χ4n) is 2.60. The maximum atomic E-state index is 12.1. The summed E-state index contributed by atoms with van der Waals surface area (Å²) >= 11 is 0. The first-order valence-corrected chi connectivity index (χ1v) is 10.2. The van der Waals surface area contributed by atoms with E-state index in [2.05, 4.69) is 25.8 Å². The number of amides is 2. The second kappa shape index (κ2) is 11.3. The van der Waals surface area contributed by atoms with E-state index < -0.39 is 17.9 Å². The molecule has 3 rings (SSSR count). The number of carbonyl (C=O) groups is 3. The predicted molar refractivity (Wildman–Crippen MR) is 126 cm³/mol. The smallest absolute Gasteiger partial charge is 0.328 e. The van der Waals surface area contributed by atoms with Crippen molar-refractivity contribution in [1.82, 2.24) is 10.3 Å². The average Bonchev–Trinajstić information content (AvgIpc) is 2.83. The number of hydrogen-bond acceptors (Lipinski definition) is 9. The standard InChI is InChI=1S/C23H23N7O4/c1-14(24)23(33)34-18-10-6-5-9-16(18)29-30-17-11-12-19(28-21(17)25)27-20(31)13-26-22(32)15-7-3-2-4-8-15/h2-12,14H,13,24H2,1H3,(H,26,32)(H3,25,27,28,31)/b30-29+/t14-/m0/s1. The number of aromatic nitrogens is 1. The van der Waals surface area contributed by atoms with Crippen molar-refractivity contribution in [3.63, 3.8) is 0 Å². The normalized spacial score (nSPS) is 11.6. The highest BCUT2D eigenvalue weighted by molar-refractivity contribution is 5.99. The zero-order valence-electron chi connectivity index (χ0n) is 18.3. The third-order valence-corrected chi connectivity index (χ3v) is 4.33. The molecule has 0 aliphatic heterocycles. The first-order valence-electron chi connectivity index (χ1n) is 10.2. The fraction of sp³-hybridized carbons (Fsp3) is 0.130. The van der Waals surface area contributed by atoms with Gasteiger partial charge in [0.1, 0.15) is 23.2 Å². The molecule has 0 saturated heterocycles. The van der Waals surface area contributed by atoms with Crippen LogP contribution in [0.25, 0.3) is 0 Å². The first kappa shape index (κ1) is 24.0. The van der Waals surface area contributed by atoms with E-state index >= 15 is 0 Å². The van der Waals surface area contributed by atoms with E-state index in [4.69, 9.17) is 16.2 Å². The minimum Gasteiger partial charge on any atom is -0.423 e. The van der Waals surface area contributed by atoms with Crippen LogP contribution in [0.4, 0.5) is 23.0 Å². The molecule has 6 N–H and O–H groups in total. The number of nitrogens with zero attached hydrogens (tertiary/aromatic N) is 3. The lowest BCUT2D eigenvalue weighted by Crippen LogP contribution is -2.33. The number of carbonyl (C=O) groups excluding carboxylic acids is 3. The topological polar surface area (TPSA) is 174 Å². The Bertz CT molecular complexity index is 1210. The number of anilines is 2. The summed E-state index contributed by atoms with van der Waals surface area (Å²) in [6, 6.07) is 17.3. The molecule has 2 amide bonds. The predicted octanol–water partition coefficient (Wildman–Crippen LogP) is 2.70. The second-order valence-corrected chi connectivity index (χ2v) is 7.08. The van der Waals surface area contributed by atoms with Crippen LogP contribution in [0.1, 0.15) is 17.3 Å². The number of rotatable bonds is 8. The number of benzene rings is 2. The van der Waals surface area contributed by atoms with Crippen LogP contribution in [-0.2, 0) is 9.59 Å². The number of esters is 1. The van der Waals surface area contributed by atoms with Crippen LogP contribution in [0.2, 0.25) is 0 Å². The lowest BCUT2D eigenvalue weighted by Gasteiger charge is -2.09.